The minimum atomic E-state index is -4.39. The number of carbonyl (C=O) groups excluding carboxylic acids is 2. The van der Waals surface area contributed by atoms with Crippen LogP contribution in [-0.4, -0.2) is 56.5 Å². The van der Waals surface area contributed by atoms with Gasteiger partial charge < -0.3 is 19.4 Å². The van der Waals surface area contributed by atoms with Crippen LogP contribution in [0.1, 0.15) is 12.0 Å². The Morgan fingerprint density at radius 3 is 2.31 bits per heavy atom. The molecule has 2 saturated heterocycles. The highest BCUT2D eigenvalue weighted by Gasteiger charge is 2.38. The normalized spacial score (nSPS) is 19.4. The number of nitrogens with zero attached hydrogens (tertiary/aromatic N) is 3. The lowest BCUT2D eigenvalue weighted by molar-refractivity contribution is -0.137. The van der Waals surface area contributed by atoms with Gasteiger partial charge in [-0.15, -0.1) is 0 Å². The van der Waals surface area contributed by atoms with E-state index in [2.05, 4.69) is 0 Å². The monoisotopic (exact) mass is 447 g/mol. The van der Waals surface area contributed by atoms with Gasteiger partial charge in [0, 0.05) is 50.5 Å². The zero-order chi connectivity index (χ0) is 22.9. The average molecular weight is 447 g/mol. The molecule has 2 aliphatic heterocycles. The van der Waals surface area contributed by atoms with Crippen LogP contribution in [0.15, 0.2) is 48.5 Å². The van der Waals surface area contributed by atoms with E-state index in [0.717, 1.165) is 17.8 Å². The number of hydrogen-bond donors (Lipinski definition) is 0. The number of halogens is 3. The fourth-order valence-electron chi connectivity index (χ4n) is 4.21. The first kappa shape index (κ1) is 22.0. The molecule has 0 saturated carbocycles. The molecule has 2 aromatic rings. The van der Waals surface area contributed by atoms with Gasteiger partial charge in [-0.3, -0.25) is 9.59 Å². The minimum Gasteiger partial charge on any atom is -0.497 e. The molecular formula is C23H24F3N3O3. The molecule has 32 heavy (non-hydrogen) atoms. The van der Waals surface area contributed by atoms with E-state index in [4.69, 9.17) is 4.74 Å². The van der Waals surface area contributed by atoms with Crippen LogP contribution < -0.4 is 14.5 Å². The highest BCUT2D eigenvalue weighted by molar-refractivity contribution is 6.00. The molecule has 0 aromatic heterocycles. The van der Waals surface area contributed by atoms with Gasteiger partial charge >= 0.3 is 6.18 Å². The molecule has 1 unspecified atom stereocenters. The van der Waals surface area contributed by atoms with E-state index in [-0.39, 0.29) is 18.2 Å². The zero-order valence-electron chi connectivity index (χ0n) is 17.6. The first-order valence-corrected chi connectivity index (χ1v) is 10.4. The van der Waals surface area contributed by atoms with Gasteiger partial charge in [-0.2, -0.15) is 13.2 Å². The number of benzene rings is 2. The fourth-order valence-corrected chi connectivity index (χ4v) is 4.21. The third-order valence-electron chi connectivity index (χ3n) is 5.99. The van der Waals surface area contributed by atoms with Gasteiger partial charge in [0.2, 0.25) is 11.8 Å². The van der Waals surface area contributed by atoms with Crippen LogP contribution in [0.3, 0.4) is 0 Å². The second-order valence-corrected chi connectivity index (χ2v) is 7.96. The minimum absolute atomic E-state index is 0.0851. The molecule has 4 rings (SSSR count). The molecule has 0 aliphatic carbocycles. The summed E-state index contributed by atoms with van der Waals surface area (Å²) < 4.78 is 44.1. The number of anilines is 2. The lowest BCUT2D eigenvalue weighted by Gasteiger charge is -2.37. The number of carbonyl (C=O) groups is 2. The van der Waals surface area contributed by atoms with Crippen molar-refractivity contribution in [2.24, 2.45) is 5.92 Å². The topological polar surface area (TPSA) is 53.1 Å². The van der Waals surface area contributed by atoms with E-state index in [0.29, 0.717) is 44.2 Å². The smallest absolute Gasteiger partial charge is 0.416 e. The van der Waals surface area contributed by atoms with Crippen LogP contribution in [-0.2, 0) is 15.8 Å². The summed E-state index contributed by atoms with van der Waals surface area (Å²) in [7, 11) is 1.57. The molecule has 0 bridgehead atoms. The quantitative estimate of drug-likeness (QED) is 0.721. The van der Waals surface area contributed by atoms with Crippen LogP contribution in [0.2, 0.25) is 0 Å². The Hall–Kier alpha value is -3.23. The number of rotatable bonds is 4. The summed E-state index contributed by atoms with van der Waals surface area (Å²) in [6.07, 6.45) is -4.24. The molecule has 1 atom stereocenters. The van der Waals surface area contributed by atoms with E-state index in [1.54, 1.807) is 47.2 Å². The third-order valence-corrected chi connectivity index (χ3v) is 5.99. The van der Waals surface area contributed by atoms with Crippen LogP contribution in [0.25, 0.3) is 0 Å². The molecule has 2 heterocycles. The number of methoxy groups -OCH3 is 1. The van der Waals surface area contributed by atoms with Gasteiger partial charge in [-0.05, 0) is 42.5 Å². The molecule has 2 amide bonds. The van der Waals surface area contributed by atoms with Gasteiger partial charge in [-0.25, -0.2) is 0 Å². The molecule has 2 fully saturated rings. The summed E-state index contributed by atoms with van der Waals surface area (Å²) in [6, 6.07) is 12.3. The van der Waals surface area contributed by atoms with Crippen molar-refractivity contribution in [3.63, 3.8) is 0 Å². The SMILES string of the molecule is COc1ccc(N2CC(C(=O)N3CCN(c4cccc(C(F)(F)F)c4)CC3)CC2=O)cc1. The molecule has 0 spiro atoms. The van der Waals surface area contributed by atoms with Crippen molar-refractivity contribution in [1.82, 2.24) is 4.90 Å². The Morgan fingerprint density at radius 1 is 1.00 bits per heavy atom. The molecule has 2 aliphatic rings. The Bertz CT molecular complexity index is 986. The Labute approximate surface area is 184 Å². The zero-order valence-corrected chi connectivity index (χ0v) is 17.6. The van der Waals surface area contributed by atoms with Crippen molar-refractivity contribution in [1.29, 1.82) is 0 Å². The van der Waals surface area contributed by atoms with Crippen LogP contribution in [0, 0.1) is 5.92 Å². The van der Waals surface area contributed by atoms with Gasteiger partial charge in [0.25, 0.3) is 0 Å². The summed E-state index contributed by atoms with van der Waals surface area (Å²) in [5.41, 5.74) is 0.533. The number of alkyl halides is 3. The summed E-state index contributed by atoms with van der Waals surface area (Å²) in [6.45, 7) is 2.01. The number of amides is 2. The van der Waals surface area contributed by atoms with Crippen molar-refractivity contribution in [2.75, 3.05) is 49.6 Å². The summed E-state index contributed by atoms with van der Waals surface area (Å²) >= 11 is 0. The fraction of sp³-hybridized carbons (Fsp3) is 0.391. The summed E-state index contributed by atoms with van der Waals surface area (Å²) in [5, 5.41) is 0. The molecule has 0 N–H and O–H groups in total. The van der Waals surface area contributed by atoms with E-state index >= 15 is 0 Å². The lowest BCUT2D eigenvalue weighted by atomic mass is 10.1. The molecule has 170 valence electrons. The van der Waals surface area contributed by atoms with Gasteiger partial charge in [0.1, 0.15) is 5.75 Å². The molecule has 9 heteroatoms. The van der Waals surface area contributed by atoms with Gasteiger partial charge in [-0.1, -0.05) is 6.07 Å². The molecule has 2 aromatic carbocycles. The van der Waals surface area contributed by atoms with E-state index in [1.807, 2.05) is 4.90 Å². The van der Waals surface area contributed by atoms with Crippen molar-refractivity contribution in [3.05, 3.63) is 54.1 Å². The number of piperazine rings is 1. The van der Waals surface area contributed by atoms with Crippen molar-refractivity contribution in [2.45, 2.75) is 12.6 Å². The predicted octanol–water partition coefficient (Wildman–Crippen LogP) is 3.42. The van der Waals surface area contributed by atoms with Crippen LogP contribution in [0.5, 0.6) is 5.75 Å². The van der Waals surface area contributed by atoms with E-state index < -0.39 is 17.7 Å². The van der Waals surface area contributed by atoms with Crippen molar-refractivity contribution < 1.29 is 27.5 Å². The Morgan fingerprint density at radius 2 is 1.69 bits per heavy atom. The maximum Gasteiger partial charge on any atom is 0.416 e. The van der Waals surface area contributed by atoms with Crippen LogP contribution >= 0.6 is 0 Å². The maximum absolute atomic E-state index is 13.0. The maximum atomic E-state index is 13.0. The first-order valence-electron chi connectivity index (χ1n) is 10.4. The predicted molar refractivity (Wildman–Crippen MR) is 114 cm³/mol. The Balaban J connectivity index is 1.36. The highest BCUT2D eigenvalue weighted by Crippen LogP contribution is 2.32. The number of ether oxygens (including phenoxy) is 1. The lowest BCUT2D eigenvalue weighted by Crippen LogP contribution is -2.50. The third kappa shape index (κ3) is 4.51. The average Bonchev–Trinajstić information content (AvgIpc) is 3.20. The second-order valence-electron chi connectivity index (χ2n) is 7.96. The molecular weight excluding hydrogens is 423 g/mol. The highest BCUT2D eigenvalue weighted by atomic mass is 19.4. The van der Waals surface area contributed by atoms with E-state index in [1.165, 1.54) is 6.07 Å². The van der Waals surface area contributed by atoms with Crippen molar-refractivity contribution in [3.8, 4) is 5.75 Å². The van der Waals surface area contributed by atoms with Crippen molar-refractivity contribution >= 4 is 23.2 Å². The summed E-state index contributed by atoms with van der Waals surface area (Å²) in [4.78, 5) is 30.7. The van der Waals surface area contributed by atoms with Gasteiger partial charge in [0.15, 0.2) is 0 Å². The molecule has 6 nitrogen and oxygen atoms in total. The molecule has 0 radical (unpaired) electrons. The largest absolute Gasteiger partial charge is 0.497 e. The second kappa shape index (κ2) is 8.72. The summed E-state index contributed by atoms with van der Waals surface area (Å²) in [5.74, 6) is 0.0746. The standard InChI is InChI=1S/C23H24F3N3O3/c1-32-20-7-5-18(6-8-20)29-15-16(13-21(29)30)22(31)28-11-9-27(10-12-28)19-4-2-3-17(14-19)23(24,25)26/h2-8,14,16H,9-13,15H2,1H3. The number of hydrogen-bond acceptors (Lipinski definition) is 4. The van der Waals surface area contributed by atoms with Gasteiger partial charge in [0.05, 0.1) is 18.6 Å². The Kier molecular flexibility index (Phi) is 5.99. The van der Waals surface area contributed by atoms with E-state index in [9.17, 15) is 22.8 Å². The first-order chi connectivity index (χ1) is 15.3. The van der Waals surface area contributed by atoms with Crippen LogP contribution in [0.4, 0.5) is 24.5 Å².